The molecule has 2 N–H and O–H groups in total. The second kappa shape index (κ2) is 5.71. The van der Waals surface area contributed by atoms with Crippen LogP contribution in [0.25, 0.3) is 11.4 Å². The molecule has 0 amide bonds. The summed E-state index contributed by atoms with van der Waals surface area (Å²) in [6, 6.07) is 3.89. The van der Waals surface area contributed by atoms with Gasteiger partial charge in [0.25, 0.3) is 0 Å². The highest BCUT2D eigenvalue weighted by molar-refractivity contribution is 9.10. The fourth-order valence-electron chi connectivity index (χ4n) is 1.99. The van der Waals surface area contributed by atoms with Crippen molar-refractivity contribution in [2.75, 3.05) is 7.11 Å². The summed E-state index contributed by atoms with van der Waals surface area (Å²) in [5.74, 6) is 2.03. The Morgan fingerprint density at radius 3 is 2.68 bits per heavy atom. The third-order valence-corrected chi connectivity index (χ3v) is 3.25. The highest BCUT2D eigenvalue weighted by Crippen LogP contribution is 2.37. The number of benzene rings is 1. The van der Waals surface area contributed by atoms with Gasteiger partial charge in [0, 0.05) is 15.6 Å². The minimum atomic E-state index is 0.231. The molecule has 1 aromatic heterocycles. The van der Waals surface area contributed by atoms with E-state index in [4.69, 9.17) is 15.0 Å². The van der Waals surface area contributed by atoms with Crippen LogP contribution in [-0.4, -0.2) is 17.3 Å². The van der Waals surface area contributed by atoms with Crippen molar-refractivity contribution in [2.24, 2.45) is 5.73 Å². The number of aromatic nitrogens is 2. The molecule has 0 unspecified atom stereocenters. The van der Waals surface area contributed by atoms with Gasteiger partial charge in [0.15, 0.2) is 0 Å². The number of nitrogens with two attached hydrogens (primary N) is 1. The molecule has 0 fully saturated rings. The highest BCUT2D eigenvalue weighted by Gasteiger charge is 2.19. The molecule has 0 radical (unpaired) electrons. The molecule has 0 spiro atoms. The van der Waals surface area contributed by atoms with Crippen molar-refractivity contribution in [3.8, 4) is 17.1 Å². The quantitative estimate of drug-likeness (QED) is 0.934. The average molecular weight is 326 g/mol. The lowest BCUT2D eigenvalue weighted by Crippen LogP contribution is -2.00. The van der Waals surface area contributed by atoms with Crippen molar-refractivity contribution in [3.63, 3.8) is 0 Å². The van der Waals surface area contributed by atoms with Gasteiger partial charge in [-0.2, -0.15) is 4.98 Å². The lowest BCUT2D eigenvalue weighted by molar-refractivity contribution is 0.380. The maximum atomic E-state index is 5.49. The van der Waals surface area contributed by atoms with Crippen LogP contribution in [0.1, 0.15) is 31.2 Å². The van der Waals surface area contributed by atoms with E-state index >= 15 is 0 Å². The number of ether oxygens (including phenoxy) is 1. The van der Waals surface area contributed by atoms with Crippen molar-refractivity contribution in [2.45, 2.75) is 26.3 Å². The molecule has 0 saturated heterocycles. The van der Waals surface area contributed by atoms with Crippen molar-refractivity contribution < 1.29 is 9.26 Å². The Morgan fingerprint density at radius 1 is 1.42 bits per heavy atom. The van der Waals surface area contributed by atoms with Gasteiger partial charge >= 0.3 is 0 Å². The van der Waals surface area contributed by atoms with Gasteiger partial charge < -0.3 is 15.0 Å². The molecule has 2 rings (SSSR count). The van der Waals surface area contributed by atoms with E-state index in [-0.39, 0.29) is 12.5 Å². The topological polar surface area (TPSA) is 74.2 Å². The maximum absolute atomic E-state index is 5.49. The summed E-state index contributed by atoms with van der Waals surface area (Å²) >= 11 is 3.47. The first-order valence-corrected chi connectivity index (χ1v) is 6.76. The van der Waals surface area contributed by atoms with Crippen LogP contribution >= 0.6 is 15.9 Å². The summed E-state index contributed by atoms with van der Waals surface area (Å²) in [7, 11) is 1.65. The van der Waals surface area contributed by atoms with Gasteiger partial charge in [-0.3, -0.25) is 0 Å². The molecule has 1 heterocycles. The third kappa shape index (κ3) is 2.79. The number of methoxy groups -OCH3 is 1. The lowest BCUT2D eigenvalue weighted by atomic mass is 9.95. The SMILES string of the molecule is COc1cc(Br)cc(-c2noc(CN)n2)c1C(C)C. The predicted molar refractivity (Wildman–Crippen MR) is 76.0 cm³/mol. The smallest absolute Gasteiger partial charge is 0.240 e. The fourth-order valence-corrected chi connectivity index (χ4v) is 2.43. The van der Waals surface area contributed by atoms with Crippen LogP contribution in [0.3, 0.4) is 0 Å². The van der Waals surface area contributed by atoms with E-state index in [1.54, 1.807) is 7.11 Å². The Bertz CT molecular complexity index is 581. The number of hydrogen-bond acceptors (Lipinski definition) is 5. The molecule has 0 aliphatic rings. The van der Waals surface area contributed by atoms with Crippen LogP contribution in [0.15, 0.2) is 21.1 Å². The summed E-state index contributed by atoms with van der Waals surface area (Å²) in [5.41, 5.74) is 7.44. The van der Waals surface area contributed by atoms with E-state index in [0.29, 0.717) is 11.7 Å². The van der Waals surface area contributed by atoms with Gasteiger partial charge in [0.05, 0.1) is 13.7 Å². The molecule has 102 valence electrons. The van der Waals surface area contributed by atoms with Crippen LogP contribution in [0.4, 0.5) is 0 Å². The molecule has 19 heavy (non-hydrogen) atoms. The second-order valence-electron chi connectivity index (χ2n) is 4.44. The zero-order valence-electron chi connectivity index (χ0n) is 11.1. The minimum absolute atomic E-state index is 0.231. The number of hydrogen-bond donors (Lipinski definition) is 1. The second-order valence-corrected chi connectivity index (χ2v) is 5.36. The van der Waals surface area contributed by atoms with Crippen LogP contribution in [0.2, 0.25) is 0 Å². The molecule has 6 heteroatoms. The normalized spacial score (nSPS) is 11.1. The first-order chi connectivity index (χ1) is 9.06. The van der Waals surface area contributed by atoms with Gasteiger partial charge in [0.1, 0.15) is 5.75 Å². The molecule has 0 aliphatic carbocycles. The number of halogens is 1. The average Bonchev–Trinajstić information content (AvgIpc) is 2.85. The third-order valence-electron chi connectivity index (χ3n) is 2.79. The molecule has 0 atom stereocenters. The Kier molecular flexibility index (Phi) is 4.21. The number of rotatable bonds is 4. The van der Waals surface area contributed by atoms with Crippen LogP contribution in [-0.2, 0) is 6.54 Å². The van der Waals surface area contributed by atoms with Gasteiger partial charge in [0.2, 0.25) is 11.7 Å². The van der Waals surface area contributed by atoms with Crippen LogP contribution < -0.4 is 10.5 Å². The molecular weight excluding hydrogens is 310 g/mol. The summed E-state index contributed by atoms with van der Waals surface area (Å²) in [6.45, 7) is 4.42. The molecule has 5 nitrogen and oxygen atoms in total. The highest BCUT2D eigenvalue weighted by atomic mass is 79.9. The minimum Gasteiger partial charge on any atom is -0.496 e. The predicted octanol–water partition coefficient (Wildman–Crippen LogP) is 3.09. The van der Waals surface area contributed by atoms with E-state index in [0.717, 1.165) is 21.3 Å². The van der Waals surface area contributed by atoms with Crippen LogP contribution in [0.5, 0.6) is 5.75 Å². The molecule has 2 aromatic rings. The summed E-state index contributed by atoms with van der Waals surface area (Å²) < 4.78 is 11.4. The summed E-state index contributed by atoms with van der Waals surface area (Å²) in [6.07, 6.45) is 0. The number of nitrogens with zero attached hydrogens (tertiary/aromatic N) is 2. The summed E-state index contributed by atoms with van der Waals surface area (Å²) in [5, 5.41) is 3.97. The Balaban J connectivity index is 2.63. The Hall–Kier alpha value is -1.40. The largest absolute Gasteiger partial charge is 0.496 e. The van der Waals surface area contributed by atoms with Crippen molar-refractivity contribution in [1.82, 2.24) is 10.1 Å². The first kappa shape index (κ1) is 14.0. The van der Waals surface area contributed by atoms with Gasteiger partial charge in [-0.1, -0.05) is 34.9 Å². The van der Waals surface area contributed by atoms with E-state index in [2.05, 4.69) is 39.9 Å². The van der Waals surface area contributed by atoms with E-state index in [1.165, 1.54) is 0 Å². The van der Waals surface area contributed by atoms with Crippen molar-refractivity contribution in [3.05, 3.63) is 28.1 Å². The van der Waals surface area contributed by atoms with Crippen molar-refractivity contribution >= 4 is 15.9 Å². The Labute approximate surface area is 120 Å². The zero-order valence-corrected chi connectivity index (χ0v) is 12.7. The van der Waals surface area contributed by atoms with Crippen LogP contribution in [0, 0.1) is 0 Å². The summed E-state index contributed by atoms with van der Waals surface area (Å²) in [4.78, 5) is 4.28. The molecule has 0 bridgehead atoms. The van der Waals surface area contributed by atoms with Gasteiger partial charge in [-0.15, -0.1) is 0 Å². The van der Waals surface area contributed by atoms with E-state index < -0.39 is 0 Å². The van der Waals surface area contributed by atoms with Gasteiger partial charge in [-0.05, 0) is 18.1 Å². The van der Waals surface area contributed by atoms with E-state index in [9.17, 15) is 0 Å². The van der Waals surface area contributed by atoms with Gasteiger partial charge in [-0.25, -0.2) is 0 Å². The zero-order chi connectivity index (χ0) is 14.0. The molecular formula is C13H16BrN3O2. The van der Waals surface area contributed by atoms with E-state index in [1.807, 2.05) is 12.1 Å². The molecule has 0 aliphatic heterocycles. The molecule has 1 aromatic carbocycles. The first-order valence-electron chi connectivity index (χ1n) is 5.97. The monoisotopic (exact) mass is 325 g/mol. The fraction of sp³-hybridized carbons (Fsp3) is 0.385. The standard InChI is InChI=1S/C13H16BrN3O2/c1-7(2)12-9(4-8(14)5-10(12)18-3)13-16-11(6-15)19-17-13/h4-5,7H,6,15H2,1-3H3. The lowest BCUT2D eigenvalue weighted by Gasteiger charge is -2.15. The van der Waals surface area contributed by atoms with Crippen molar-refractivity contribution in [1.29, 1.82) is 0 Å². The Morgan fingerprint density at radius 2 is 2.16 bits per heavy atom. The molecule has 0 saturated carbocycles. The maximum Gasteiger partial charge on any atom is 0.240 e.